The highest BCUT2D eigenvalue weighted by atomic mass is 35.5. The van der Waals surface area contributed by atoms with E-state index in [2.05, 4.69) is 26.1 Å². The van der Waals surface area contributed by atoms with E-state index >= 15 is 0 Å². The fourth-order valence-corrected chi connectivity index (χ4v) is 6.59. The van der Waals surface area contributed by atoms with Crippen molar-refractivity contribution in [2.75, 3.05) is 0 Å². The lowest BCUT2D eigenvalue weighted by Gasteiger charge is -2.33. The number of thiophene rings is 1. The summed E-state index contributed by atoms with van der Waals surface area (Å²) in [4.78, 5) is 19.6. The minimum absolute atomic E-state index is 0.142. The van der Waals surface area contributed by atoms with Gasteiger partial charge in [0.1, 0.15) is 23.1 Å². The van der Waals surface area contributed by atoms with Gasteiger partial charge in [0.2, 0.25) is 0 Å². The summed E-state index contributed by atoms with van der Waals surface area (Å²) in [5, 5.41) is 4.93. The smallest absolute Gasteiger partial charge is 0.255 e. The third kappa shape index (κ3) is 6.63. The number of nitrogens with one attached hydrogen (secondary N) is 1. The number of nitrogens with zero attached hydrogens (tertiary/aromatic N) is 1. The molecule has 5 rings (SSSR count). The van der Waals surface area contributed by atoms with Crippen LogP contribution in [0.3, 0.4) is 0 Å². The number of halogens is 2. The number of rotatable bonds is 8. The lowest BCUT2D eigenvalue weighted by Crippen LogP contribution is -2.28. The van der Waals surface area contributed by atoms with E-state index < -0.39 is 0 Å². The van der Waals surface area contributed by atoms with Crippen molar-refractivity contribution in [3.63, 3.8) is 0 Å². The van der Waals surface area contributed by atoms with E-state index in [-0.39, 0.29) is 11.3 Å². The summed E-state index contributed by atoms with van der Waals surface area (Å²) >= 11 is 14.3. The first-order chi connectivity index (χ1) is 19.2. The number of carbonyl (C=O) groups excluding carboxylic acids is 1. The largest absolute Gasteiger partial charge is 0.488 e. The van der Waals surface area contributed by atoms with Crippen molar-refractivity contribution in [1.29, 1.82) is 0 Å². The molecule has 208 valence electrons. The summed E-state index contributed by atoms with van der Waals surface area (Å²) in [6, 6.07) is 16.7. The molecule has 1 amide bonds. The molecule has 1 aliphatic rings. The predicted molar refractivity (Wildman–Crippen MR) is 164 cm³/mol. The number of carbonyl (C=O) groups is 1. The van der Waals surface area contributed by atoms with Crippen LogP contribution in [0.2, 0.25) is 10.0 Å². The lowest BCUT2D eigenvalue weighted by atomic mass is 9.72. The molecule has 40 heavy (non-hydrogen) atoms. The topological polar surface area (TPSA) is 63.8 Å². The molecule has 0 saturated carbocycles. The maximum Gasteiger partial charge on any atom is 0.255 e. The van der Waals surface area contributed by atoms with E-state index in [9.17, 15) is 4.79 Å². The third-order valence-electron chi connectivity index (χ3n) is 7.34. The van der Waals surface area contributed by atoms with Gasteiger partial charge in [-0.1, -0.05) is 62.2 Å². The first-order valence-corrected chi connectivity index (χ1v) is 14.9. The summed E-state index contributed by atoms with van der Waals surface area (Å²) in [6.45, 7) is 7.49. The minimum Gasteiger partial charge on any atom is -0.488 e. The van der Waals surface area contributed by atoms with E-state index in [1.165, 1.54) is 4.88 Å². The molecule has 2 heterocycles. The molecule has 0 aliphatic heterocycles. The van der Waals surface area contributed by atoms with Gasteiger partial charge in [-0.2, -0.15) is 0 Å². The summed E-state index contributed by atoms with van der Waals surface area (Å²) in [6.07, 6.45) is 6.18. The molecule has 0 saturated heterocycles. The van der Waals surface area contributed by atoms with Gasteiger partial charge in [0, 0.05) is 32.3 Å². The van der Waals surface area contributed by atoms with Crippen LogP contribution in [0.4, 0.5) is 5.00 Å². The van der Waals surface area contributed by atoms with Gasteiger partial charge in [0.15, 0.2) is 0 Å². The molecule has 0 bridgehead atoms. The van der Waals surface area contributed by atoms with Crippen molar-refractivity contribution < 1.29 is 13.9 Å². The minimum atomic E-state index is -0.142. The van der Waals surface area contributed by atoms with Crippen molar-refractivity contribution in [3.05, 3.63) is 104 Å². The highest BCUT2D eigenvalue weighted by Crippen LogP contribution is 2.45. The van der Waals surface area contributed by atoms with Gasteiger partial charge in [-0.25, -0.2) is 4.99 Å². The molecule has 2 aromatic carbocycles. The van der Waals surface area contributed by atoms with Gasteiger partial charge >= 0.3 is 0 Å². The van der Waals surface area contributed by atoms with Crippen molar-refractivity contribution in [3.8, 4) is 5.75 Å². The van der Waals surface area contributed by atoms with Crippen LogP contribution >= 0.6 is 34.5 Å². The zero-order valence-electron chi connectivity index (χ0n) is 22.8. The Hall–Kier alpha value is -3.06. The standard InChI is InChI=1S/C32H32Cl2N2O3S/c1-32(2,3)22-10-12-25-28(16-22)40-31(29(25)30(37)35-18-24-8-6-14-38-24)36-17-21-15-23(33)11-13-27(21)39-19-20-7-4-5-9-26(20)34/h4-9,11,13-15,17,22H,10,12,16,18-19H2,1-3H3,(H,35,37)/t22-/m0/s1. The van der Waals surface area contributed by atoms with Crippen LogP contribution in [-0.2, 0) is 26.0 Å². The first kappa shape index (κ1) is 28.5. The molecule has 1 atom stereocenters. The highest BCUT2D eigenvalue weighted by molar-refractivity contribution is 7.16. The van der Waals surface area contributed by atoms with E-state index in [1.807, 2.05) is 48.5 Å². The molecule has 4 aromatic rings. The van der Waals surface area contributed by atoms with Gasteiger partial charge in [-0.3, -0.25) is 4.79 Å². The number of furan rings is 1. The van der Waals surface area contributed by atoms with Crippen LogP contribution in [-0.4, -0.2) is 12.1 Å². The Morgan fingerprint density at radius 2 is 2.00 bits per heavy atom. The van der Waals surface area contributed by atoms with Gasteiger partial charge in [-0.15, -0.1) is 11.3 Å². The van der Waals surface area contributed by atoms with E-state index in [0.29, 0.717) is 51.2 Å². The Balaban J connectivity index is 1.45. The Kier molecular flexibility index (Phi) is 8.69. The van der Waals surface area contributed by atoms with E-state index in [1.54, 1.807) is 29.9 Å². The number of aliphatic imine (C=N–C) groups is 1. The number of benzene rings is 2. The molecule has 1 N–H and O–H groups in total. The van der Waals surface area contributed by atoms with Crippen LogP contribution in [0.5, 0.6) is 5.75 Å². The molecular formula is C32H32Cl2N2O3S. The van der Waals surface area contributed by atoms with E-state index in [0.717, 1.165) is 36.0 Å². The lowest BCUT2D eigenvalue weighted by molar-refractivity contribution is 0.0947. The average molecular weight is 596 g/mol. The van der Waals surface area contributed by atoms with Gasteiger partial charge < -0.3 is 14.5 Å². The van der Waals surface area contributed by atoms with Crippen LogP contribution in [0.25, 0.3) is 0 Å². The number of hydrogen-bond acceptors (Lipinski definition) is 5. The monoisotopic (exact) mass is 594 g/mol. The predicted octanol–water partition coefficient (Wildman–Crippen LogP) is 9.06. The zero-order valence-corrected chi connectivity index (χ0v) is 25.1. The molecule has 0 spiro atoms. The fraction of sp³-hybridized carbons (Fsp3) is 0.312. The second kappa shape index (κ2) is 12.2. The van der Waals surface area contributed by atoms with Crippen LogP contribution < -0.4 is 10.1 Å². The molecule has 0 radical (unpaired) electrons. The SMILES string of the molecule is CC(C)(C)[C@H]1CCc2c(sc(N=Cc3cc(Cl)ccc3OCc3ccccc3Cl)c2C(=O)NCc2ccco2)C1. The summed E-state index contributed by atoms with van der Waals surface area (Å²) in [5.41, 5.74) is 3.56. The molecule has 0 fully saturated rings. The van der Waals surface area contributed by atoms with Crippen molar-refractivity contribution >= 4 is 51.7 Å². The normalized spacial score (nSPS) is 15.3. The Bertz CT molecular complexity index is 1520. The number of fused-ring (bicyclic) bond motifs is 1. The quantitative estimate of drug-likeness (QED) is 0.207. The second-order valence-electron chi connectivity index (χ2n) is 11.1. The Labute approximate surface area is 249 Å². The second-order valence-corrected chi connectivity index (χ2v) is 13.0. The third-order valence-corrected chi connectivity index (χ3v) is 9.10. The highest BCUT2D eigenvalue weighted by Gasteiger charge is 2.33. The fourth-order valence-electron chi connectivity index (χ4n) is 4.96. The van der Waals surface area contributed by atoms with Crippen molar-refractivity contribution in [1.82, 2.24) is 5.32 Å². The first-order valence-electron chi connectivity index (χ1n) is 13.3. The average Bonchev–Trinajstić information content (AvgIpc) is 3.57. The molecule has 1 aliphatic carbocycles. The summed E-state index contributed by atoms with van der Waals surface area (Å²) < 4.78 is 11.5. The molecule has 8 heteroatoms. The van der Waals surface area contributed by atoms with Crippen LogP contribution in [0, 0.1) is 11.3 Å². The van der Waals surface area contributed by atoms with Crippen LogP contribution in [0.1, 0.15) is 64.9 Å². The van der Waals surface area contributed by atoms with Gasteiger partial charge in [0.25, 0.3) is 5.91 Å². The van der Waals surface area contributed by atoms with Crippen molar-refractivity contribution in [2.45, 2.75) is 53.2 Å². The maximum absolute atomic E-state index is 13.5. The molecule has 0 unspecified atom stereocenters. The number of hydrogen-bond donors (Lipinski definition) is 1. The van der Waals surface area contributed by atoms with Crippen molar-refractivity contribution in [2.24, 2.45) is 16.3 Å². The Morgan fingerprint density at radius 1 is 1.18 bits per heavy atom. The summed E-state index contributed by atoms with van der Waals surface area (Å²) in [7, 11) is 0. The molecular weight excluding hydrogens is 563 g/mol. The molecule has 5 nitrogen and oxygen atoms in total. The van der Waals surface area contributed by atoms with E-state index in [4.69, 9.17) is 37.3 Å². The van der Waals surface area contributed by atoms with Gasteiger partial charge in [0.05, 0.1) is 18.4 Å². The number of amides is 1. The molecule has 2 aromatic heterocycles. The number of ether oxygens (including phenoxy) is 1. The maximum atomic E-state index is 13.5. The zero-order chi connectivity index (χ0) is 28.3. The van der Waals surface area contributed by atoms with Gasteiger partial charge in [-0.05, 0) is 72.6 Å². The summed E-state index contributed by atoms with van der Waals surface area (Å²) in [5.74, 6) is 1.74. The van der Waals surface area contributed by atoms with Crippen LogP contribution in [0.15, 0.2) is 70.3 Å². The Morgan fingerprint density at radius 3 is 2.75 bits per heavy atom.